The number of hydrogen-bond acceptors (Lipinski definition) is 4. The first-order chi connectivity index (χ1) is 7.60. The summed E-state index contributed by atoms with van der Waals surface area (Å²) in [6.45, 7) is 0.958. The number of likely N-dealkylation sites (tertiary alicyclic amines) is 1. The molecule has 1 saturated heterocycles. The molecule has 0 aromatic carbocycles. The third-order valence-corrected chi connectivity index (χ3v) is 2.86. The fourth-order valence-corrected chi connectivity index (χ4v) is 1.88. The van der Waals surface area contributed by atoms with Crippen LogP contribution in [0.1, 0.15) is 12.8 Å². The van der Waals surface area contributed by atoms with Crippen LogP contribution in [0, 0.1) is 5.92 Å². The normalized spacial score (nSPS) is 22.9. The second-order valence-electron chi connectivity index (χ2n) is 3.92. The van der Waals surface area contributed by atoms with Crippen LogP contribution in [0.5, 0.6) is 0 Å². The van der Waals surface area contributed by atoms with E-state index in [1.807, 2.05) is 0 Å². The molecule has 1 fully saturated rings. The molecule has 0 aromatic rings. The van der Waals surface area contributed by atoms with Crippen molar-refractivity contribution in [2.75, 3.05) is 26.7 Å². The molecule has 0 bridgehead atoms. The van der Waals surface area contributed by atoms with Gasteiger partial charge in [0.1, 0.15) is 6.10 Å². The zero-order valence-electron chi connectivity index (χ0n) is 9.39. The molecule has 3 N–H and O–H groups in total. The van der Waals surface area contributed by atoms with Crippen LogP contribution in [0.3, 0.4) is 0 Å². The van der Waals surface area contributed by atoms with E-state index < -0.39 is 18.0 Å². The van der Waals surface area contributed by atoms with Crippen LogP contribution < -0.4 is 5.73 Å². The molecule has 1 heterocycles. The number of aliphatic carboxylic acids is 1. The number of methoxy groups -OCH3 is 1. The third-order valence-electron chi connectivity index (χ3n) is 2.86. The van der Waals surface area contributed by atoms with Gasteiger partial charge in [-0.2, -0.15) is 0 Å². The van der Waals surface area contributed by atoms with E-state index in [0.717, 1.165) is 0 Å². The summed E-state index contributed by atoms with van der Waals surface area (Å²) in [5, 5.41) is 8.90. The SMILES string of the molecule is COC(CN)C(=O)N1CCC[C@H](C(=O)O)C1. The van der Waals surface area contributed by atoms with Crippen molar-refractivity contribution in [3.8, 4) is 0 Å². The van der Waals surface area contributed by atoms with Crippen molar-refractivity contribution in [3.63, 3.8) is 0 Å². The summed E-state index contributed by atoms with van der Waals surface area (Å²) in [6, 6.07) is 0. The summed E-state index contributed by atoms with van der Waals surface area (Å²) in [4.78, 5) is 24.2. The molecule has 1 rings (SSSR count). The highest BCUT2D eigenvalue weighted by Gasteiger charge is 2.31. The second-order valence-corrected chi connectivity index (χ2v) is 3.92. The van der Waals surface area contributed by atoms with Crippen LogP contribution in [0.4, 0.5) is 0 Å². The highest BCUT2D eigenvalue weighted by molar-refractivity contribution is 5.82. The lowest BCUT2D eigenvalue weighted by Crippen LogP contribution is -2.49. The number of carboxylic acids is 1. The number of rotatable bonds is 4. The van der Waals surface area contributed by atoms with E-state index in [0.29, 0.717) is 19.4 Å². The molecule has 0 radical (unpaired) electrons. The van der Waals surface area contributed by atoms with Gasteiger partial charge >= 0.3 is 5.97 Å². The van der Waals surface area contributed by atoms with Gasteiger partial charge in [-0.3, -0.25) is 9.59 Å². The van der Waals surface area contributed by atoms with E-state index in [4.69, 9.17) is 15.6 Å². The van der Waals surface area contributed by atoms with Gasteiger partial charge in [-0.05, 0) is 12.8 Å². The predicted octanol–water partition coefficient (Wildman–Crippen LogP) is -0.717. The molecule has 0 saturated carbocycles. The Morgan fingerprint density at radius 2 is 2.31 bits per heavy atom. The number of nitrogens with two attached hydrogens (primary N) is 1. The smallest absolute Gasteiger partial charge is 0.308 e. The van der Waals surface area contributed by atoms with Crippen molar-refractivity contribution < 1.29 is 19.4 Å². The van der Waals surface area contributed by atoms with E-state index in [1.165, 1.54) is 12.0 Å². The molecular weight excluding hydrogens is 212 g/mol. The van der Waals surface area contributed by atoms with E-state index in [1.54, 1.807) is 0 Å². The van der Waals surface area contributed by atoms with Gasteiger partial charge in [0.2, 0.25) is 0 Å². The number of amides is 1. The average Bonchev–Trinajstić information content (AvgIpc) is 2.30. The molecule has 1 aliphatic rings. The fraction of sp³-hybridized carbons (Fsp3) is 0.800. The molecule has 0 spiro atoms. The lowest BCUT2D eigenvalue weighted by atomic mass is 9.98. The largest absolute Gasteiger partial charge is 0.481 e. The monoisotopic (exact) mass is 230 g/mol. The minimum Gasteiger partial charge on any atom is -0.481 e. The van der Waals surface area contributed by atoms with Crippen LogP contribution >= 0.6 is 0 Å². The van der Waals surface area contributed by atoms with Gasteiger partial charge < -0.3 is 20.5 Å². The van der Waals surface area contributed by atoms with E-state index in [-0.39, 0.29) is 19.0 Å². The van der Waals surface area contributed by atoms with E-state index in [2.05, 4.69) is 0 Å². The number of hydrogen-bond donors (Lipinski definition) is 2. The Hall–Kier alpha value is -1.14. The standard InChI is InChI=1S/C10H18N2O4/c1-16-8(5-11)9(13)12-4-2-3-7(6-12)10(14)15/h7-8H,2-6,11H2,1H3,(H,14,15)/t7-,8?/m0/s1. The van der Waals surface area contributed by atoms with Gasteiger partial charge in [0.05, 0.1) is 5.92 Å². The molecule has 16 heavy (non-hydrogen) atoms. The van der Waals surface area contributed by atoms with Crippen molar-refractivity contribution in [2.45, 2.75) is 18.9 Å². The Balaban J connectivity index is 2.59. The molecular formula is C10H18N2O4. The molecule has 6 nitrogen and oxygen atoms in total. The summed E-state index contributed by atoms with van der Waals surface area (Å²) in [5.41, 5.74) is 5.40. The molecule has 1 unspecified atom stereocenters. The number of carbonyl (C=O) groups excluding carboxylic acids is 1. The second kappa shape index (κ2) is 5.81. The minimum absolute atomic E-state index is 0.115. The molecule has 0 aromatic heterocycles. The van der Waals surface area contributed by atoms with E-state index in [9.17, 15) is 9.59 Å². The predicted molar refractivity (Wildman–Crippen MR) is 56.8 cm³/mol. The van der Waals surface area contributed by atoms with Crippen LogP contribution in [-0.2, 0) is 14.3 Å². The number of carbonyl (C=O) groups is 2. The summed E-state index contributed by atoms with van der Waals surface area (Å²) in [6.07, 6.45) is 0.677. The van der Waals surface area contributed by atoms with Crippen LogP contribution in [0.15, 0.2) is 0 Å². The number of ether oxygens (including phenoxy) is 1. The van der Waals surface area contributed by atoms with Crippen LogP contribution in [-0.4, -0.2) is 54.7 Å². The van der Waals surface area contributed by atoms with Crippen molar-refractivity contribution >= 4 is 11.9 Å². The van der Waals surface area contributed by atoms with Crippen LogP contribution in [0.2, 0.25) is 0 Å². The van der Waals surface area contributed by atoms with E-state index >= 15 is 0 Å². The van der Waals surface area contributed by atoms with Crippen LogP contribution in [0.25, 0.3) is 0 Å². The zero-order valence-corrected chi connectivity index (χ0v) is 9.39. The molecule has 1 amide bonds. The van der Waals surface area contributed by atoms with Gasteiger partial charge in [0, 0.05) is 26.7 Å². The summed E-state index contributed by atoms with van der Waals surface area (Å²) in [5.74, 6) is -1.52. The molecule has 0 aliphatic carbocycles. The Morgan fingerprint density at radius 3 is 2.81 bits per heavy atom. The van der Waals surface area contributed by atoms with Crippen molar-refractivity contribution in [2.24, 2.45) is 11.7 Å². The van der Waals surface area contributed by atoms with Crippen molar-refractivity contribution in [1.82, 2.24) is 4.90 Å². The van der Waals surface area contributed by atoms with Crippen molar-refractivity contribution in [3.05, 3.63) is 0 Å². The highest BCUT2D eigenvalue weighted by atomic mass is 16.5. The Labute approximate surface area is 94.3 Å². The highest BCUT2D eigenvalue weighted by Crippen LogP contribution is 2.17. The minimum atomic E-state index is -0.848. The fourth-order valence-electron chi connectivity index (χ4n) is 1.88. The number of carboxylic acid groups (broad SMARTS) is 1. The van der Waals surface area contributed by atoms with Gasteiger partial charge in [-0.15, -0.1) is 0 Å². The number of piperidine rings is 1. The summed E-state index contributed by atoms with van der Waals surface area (Å²) < 4.78 is 4.95. The summed E-state index contributed by atoms with van der Waals surface area (Å²) >= 11 is 0. The summed E-state index contributed by atoms with van der Waals surface area (Å²) in [7, 11) is 1.42. The number of nitrogens with zero attached hydrogens (tertiary/aromatic N) is 1. The Bertz CT molecular complexity index is 266. The average molecular weight is 230 g/mol. The van der Waals surface area contributed by atoms with Gasteiger partial charge in [0.15, 0.2) is 0 Å². The third kappa shape index (κ3) is 2.93. The molecule has 2 atom stereocenters. The van der Waals surface area contributed by atoms with Crippen molar-refractivity contribution in [1.29, 1.82) is 0 Å². The van der Waals surface area contributed by atoms with Gasteiger partial charge in [-0.25, -0.2) is 0 Å². The van der Waals surface area contributed by atoms with Gasteiger partial charge in [0.25, 0.3) is 5.91 Å². The first-order valence-corrected chi connectivity index (χ1v) is 5.34. The molecule has 92 valence electrons. The van der Waals surface area contributed by atoms with Gasteiger partial charge in [-0.1, -0.05) is 0 Å². The molecule has 6 heteroatoms. The maximum atomic E-state index is 11.9. The Morgan fingerprint density at radius 1 is 1.62 bits per heavy atom. The lowest BCUT2D eigenvalue weighted by molar-refractivity contribution is -0.149. The molecule has 1 aliphatic heterocycles. The topological polar surface area (TPSA) is 92.9 Å². The first-order valence-electron chi connectivity index (χ1n) is 5.34. The zero-order chi connectivity index (χ0) is 12.1. The Kier molecular flexibility index (Phi) is 4.70. The maximum Gasteiger partial charge on any atom is 0.308 e. The quantitative estimate of drug-likeness (QED) is 0.665. The maximum absolute atomic E-state index is 11.9. The first kappa shape index (κ1) is 12.9. The lowest BCUT2D eigenvalue weighted by Gasteiger charge is -2.32.